The standard InChI is InChI=1S/C14H26O3S/c1-2-3-4-5-6-9-14(15)10-12-7-8-13(11-14)18(12,16)17/h12-13,15H,2-11H2,1H3. The van der Waals surface area contributed by atoms with E-state index in [0.717, 1.165) is 32.1 Å². The molecule has 0 aromatic heterocycles. The van der Waals surface area contributed by atoms with Gasteiger partial charge >= 0.3 is 0 Å². The summed E-state index contributed by atoms with van der Waals surface area (Å²) >= 11 is 0. The van der Waals surface area contributed by atoms with E-state index in [1.54, 1.807) is 0 Å². The SMILES string of the molecule is CCCCCCCC1(O)CC2CCC(C1)S2(=O)=O. The van der Waals surface area contributed by atoms with E-state index < -0.39 is 15.4 Å². The predicted molar refractivity (Wildman–Crippen MR) is 73.3 cm³/mol. The number of sulfone groups is 1. The molecular formula is C14H26O3S. The van der Waals surface area contributed by atoms with Gasteiger partial charge in [-0.15, -0.1) is 0 Å². The van der Waals surface area contributed by atoms with Gasteiger partial charge in [0.25, 0.3) is 0 Å². The second-order valence-electron chi connectivity index (χ2n) is 6.21. The van der Waals surface area contributed by atoms with Gasteiger partial charge in [-0.25, -0.2) is 8.42 Å². The van der Waals surface area contributed by atoms with Crippen LogP contribution in [0.4, 0.5) is 0 Å². The van der Waals surface area contributed by atoms with Gasteiger partial charge in [-0.2, -0.15) is 0 Å². The zero-order chi connectivity index (χ0) is 13.2. The molecule has 2 saturated heterocycles. The summed E-state index contributed by atoms with van der Waals surface area (Å²) in [5, 5.41) is 10.1. The fourth-order valence-electron chi connectivity index (χ4n) is 3.60. The average Bonchev–Trinajstić information content (AvgIpc) is 2.51. The summed E-state index contributed by atoms with van der Waals surface area (Å²) in [5.41, 5.74) is -0.691. The lowest BCUT2D eigenvalue weighted by Crippen LogP contribution is -2.44. The van der Waals surface area contributed by atoms with Crippen LogP contribution in [0.5, 0.6) is 0 Å². The Morgan fingerprint density at radius 3 is 2.17 bits per heavy atom. The maximum atomic E-state index is 12.0. The van der Waals surface area contributed by atoms with E-state index in [-0.39, 0.29) is 10.5 Å². The Hall–Kier alpha value is -0.0900. The van der Waals surface area contributed by atoms with Crippen molar-refractivity contribution in [2.45, 2.75) is 87.2 Å². The van der Waals surface area contributed by atoms with E-state index in [1.165, 1.54) is 19.3 Å². The summed E-state index contributed by atoms with van der Waals surface area (Å²) in [6, 6.07) is 0. The van der Waals surface area contributed by atoms with Crippen LogP contribution in [0.1, 0.15) is 71.1 Å². The molecule has 1 N–H and O–H groups in total. The van der Waals surface area contributed by atoms with Gasteiger partial charge in [-0.3, -0.25) is 0 Å². The highest BCUT2D eigenvalue weighted by Gasteiger charge is 2.52. The van der Waals surface area contributed by atoms with Crippen molar-refractivity contribution in [2.75, 3.05) is 0 Å². The Labute approximate surface area is 111 Å². The first-order chi connectivity index (χ1) is 8.48. The first-order valence-electron chi connectivity index (χ1n) is 7.43. The molecule has 2 aliphatic heterocycles. The van der Waals surface area contributed by atoms with Gasteiger partial charge in [-0.05, 0) is 32.1 Å². The molecule has 18 heavy (non-hydrogen) atoms. The van der Waals surface area contributed by atoms with Crippen molar-refractivity contribution in [3.8, 4) is 0 Å². The van der Waals surface area contributed by atoms with Crippen molar-refractivity contribution in [3.63, 3.8) is 0 Å². The number of fused-ring (bicyclic) bond motifs is 2. The molecule has 0 saturated carbocycles. The molecule has 2 atom stereocenters. The van der Waals surface area contributed by atoms with Crippen molar-refractivity contribution in [3.05, 3.63) is 0 Å². The van der Waals surface area contributed by atoms with Gasteiger partial charge < -0.3 is 5.11 Å². The lowest BCUT2D eigenvalue weighted by atomic mass is 9.88. The molecule has 0 aromatic rings. The van der Waals surface area contributed by atoms with Crippen LogP contribution in [0.15, 0.2) is 0 Å². The number of unbranched alkanes of at least 4 members (excludes halogenated alkanes) is 4. The monoisotopic (exact) mass is 274 g/mol. The van der Waals surface area contributed by atoms with E-state index in [0.29, 0.717) is 12.8 Å². The minimum Gasteiger partial charge on any atom is -0.390 e. The lowest BCUT2D eigenvalue weighted by molar-refractivity contribution is 0.0108. The third-order valence-electron chi connectivity index (χ3n) is 4.70. The second-order valence-corrected chi connectivity index (χ2v) is 8.72. The summed E-state index contributed by atoms with van der Waals surface area (Å²) in [5.74, 6) is 0. The number of rotatable bonds is 6. The topological polar surface area (TPSA) is 54.4 Å². The Bertz CT molecular complexity index is 355. The number of aliphatic hydroxyl groups is 1. The van der Waals surface area contributed by atoms with Crippen LogP contribution in [0, 0.1) is 0 Å². The van der Waals surface area contributed by atoms with Crippen LogP contribution in [0.3, 0.4) is 0 Å². The van der Waals surface area contributed by atoms with Crippen LogP contribution in [0.25, 0.3) is 0 Å². The molecule has 2 aliphatic rings. The molecule has 2 heterocycles. The number of hydrogen-bond donors (Lipinski definition) is 1. The van der Waals surface area contributed by atoms with Gasteiger partial charge in [0.1, 0.15) is 0 Å². The Balaban J connectivity index is 1.83. The Kier molecular flexibility index (Phi) is 4.37. The number of hydrogen-bond acceptors (Lipinski definition) is 3. The maximum Gasteiger partial charge on any atom is 0.156 e. The summed E-state index contributed by atoms with van der Waals surface area (Å²) in [6.45, 7) is 2.19. The van der Waals surface area contributed by atoms with Gasteiger partial charge in [0.2, 0.25) is 0 Å². The van der Waals surface area contributed by atoms with E-state index in [2.05, 4.69) is 6.92 Å². The minimum atomic E-state index is -2.90. The fraction of sp³-hybridized carbons (Fsp3) is 1.00. The normalized spacial score (nSPS) is 37.9. The third kappa shape index (κ3) is 2.90. The van der Waals surface area contributed by atoms with Gasteiger partial charge in [0.15, 0.2) is 9.84 Å². The maximum absolute atomic E-state index is 12.0. The van der Waals surface area contributed by atoms with Gasteiger partial charge in [-0.1, -0.05) is 39.0 Å². The minimum absolute atomic E-state index is 0.253. The van der Waals surface area contributed by atoms with Crippen LogP contribution in [0.2, 0.25) is 0 Å². The van der Waals surface area contributed by atoms with Crippen LogP contribution < -0.4 is 0 Å². The molecule has 4 heteroatoms. The van der Waals surface area contributed by atoms with E-state index in [9.17, 15) is 13.5 Å². The largest absolute Gasteiger partial charge is 0.390 e. The molecule has 3 nitrogen and oxygen atoms in total. The highest BCUT2D eigenvalue weighted by Crippen LogP contribution is 2.44. The van der Waals surface area contributed by atoms with Crippen LogP contribution in [-0.2, 0) is 9.84 Å². The summed E-state index contributed by atoms with van der Waals surface area (Å²) in [6.07, 6.45) is 9.23. The predicted octanol–water partition coefficient (Wildman–Crippen LogP) is 2.82. The van der Waals surface area contributed by atoms with Crippen molar-refractivity contribution >= 4 is 9.84 Å². The third-order valence-corrected chi connectivity index (χ3v) is 7.36. The van der Waals surface area contributed by atoms with E-state index >= 15 is 0 Å². The lowest BCUT2D eigenvalue weighted by Gasteiger charge is -2.36. The van der Waals surface area contributed by atoms with Crippen molar-refractivity contribution in [1.82, 2.24) is 0 Å². The smallest absolute Gasteiger partial charge is 0.156 e. The molecule has 2 bridgehead atoms. The molecule has 106 valence electrons. The van der Waals surface area contributed by atoms with E-state index in [1.807, 2.05) is 0 Å². The highest BCUT2D eigenvalue weighted by molar-refractivity contribution is 7.93. The average molecular weight is 274 g/mol. The molecule has 0 radical (unpaired) electrons. The molecule has 2 fully saturated rings. The Morgan fingerprint density at radius 2 is 1.61 bits per heavy atom. The molecule has 0 spiro atoms. The molecule has 0 amide bonds. The van der Waals surface area contributed by atoms with Gasteiger partial charge in [0.05, 0.1) is 16.1 Å². The Morgan fingerprint density at radius 1 is 1.06 bits per heavy atom. The summed E-state index contributed by atoms with van der Waals surface area (Å²) in [7, 11) is -2.90. The van der Waals surface area contributed by atoms with Crippen molar-refractivity contribution < 1.29 is 13.5 Å². The first kappa shape index (κ1) is 14.3. The molecule has 0 aromatic carbocycles. The van der Waals surface area contributed by atoms with Crippen LogP contribution in [-0.4, -0.2) is 29.6 Å². The zero-order valence-electron chi connectivity index (χ0n) is 11.4. The zero-order valence-corrected chi connectivity index (χ0v) is 12.2. The second kappa shape index (κ2) is 5.49. The summed E-state index contributed by atoms with van der Waals surface area (Å²) in [4.78, 5) is 0. The fourth-order valence-corrected chi connectivity index (χ4v) is 6.16. The molecule has 2 rings (SSSR count). The molecule has 0 aliphatic carbocycles. The van der Waals surface area contributed by atoms with Gasteiger partial charge in [0, 0.05) is 0 Å². The highest BCUT2D eigenvalue weighted by atomic mass is 32.2. The summed E-state index contributed by atoms with van der Waals surface area (Å²) < 4.78 is 23.9. The van der Waals surface area contributed by atoms with Crippen LogP contribution >= 0.6 is 0 Å². The molecule has 2 unspecified atom stereocenters. The van der Waals surface area contributed by atoms with Crippen molar-refractivity contribution in [2.24, 2.45) is 0 Å². The van der Waals surface area contributed by atoms with Crippen molar-refractivity contribution in [1.29, 1.82) is 0 Å². The molecular weight excluding hydrogens is 248 g/mol. The van der Waals surface area contributed by atoms with E-state index in [4.69, 9.17) is 0 Å². The first-order valence-corrected chi connectivity index (χ1v) is 9.04. The quantitative estimate of drug-likeness (QED) is 0.758.